The van der Waals surface area contributed by atoms with E-state index in [2.05, 4.69) is 0 Å². The SMILES string of the molecule is [O]=[Au](=[O])=[O].[SbH3]. The van der Waals surface area contributed by atoms with Crippen molar-refractivity contribution in [3.63, 3.8) is 0 Å². The molecule has 5 heteroatoms. The quantitative estimate of drug-likeness (QED) is 0.486. The molecule has 3 nitrogen and oxygen atoms in total. The van der Waals surface area contributed by atoms with E-state index in [1.54, 1.807) is 0 Å². The van der Waals surface area contributed by atoms with Crippen LogP contribution in [0.15, 0.2) is 0 Å². The van der Waals surface area contributed by atoms with Crippen molar-refractivity contribution in [3.05, 3.63) is 0 Å². The van der Waals surface area contributed by atoms with Gasteiger partial charge in [0.2, 0.25) is 0 Å². The fourth-order valence-corrected chi connectivity index (χ4v) is 0. The first kappa shape index (κ1) is 9.35. The molecule has 5 heavy (non-hydrogen) atoms. The van der Waals surface area contributed by atoms with Crippen molar-refractivity contribution in [1.29, 1.82) is 0 Å². The summed E-state index contributed by atoms with van der Waals surface area (Å²) in [5, 5.41) is 0. The Balaban J connectivity index is 0. The molecule has 0 saturated carbocycles. The van der Waals surface area contributed by atoms with Crippen molar-refractivity contribution in [1.82, 2.24) is 0 Å². The Morgan fingerprint density at radius 1 is 1.00 bits per heavy atom. The number of hydrogen-bond acceptors (Lipinski definition) is 3. The number of rotatable bonds is 0. The average molecular weight is 370 g/mol. The van der Waals surface area contributed by atoms with Crippen molar-refractivity contribution in [2.24, 2.45) is 0 Å². The van der Waals surface area contributed by atoms with E-state index in [9.17, 15) is 0 Å². The monoisotopic (exact) mass is 369 g/mol. The van der Waals surface area contributed by atoms with E-state index in [1.807, 2.05) is 0 Å². The van der Waals surface area contributed by atoms with E-state index < -0.39 is 18.4 Å². The van der Waals surface area contributed by atoms with Crippen LogP contribution in [0, 0.1) is 0 Å². The van der Waals surface area contributed by atoms with E-state index >= 15 is 0 Å². The molecule has 0 aliphatic rings. The van der Waals surface area contributed by atoms with Crippen LogP contribution in [-0.2, 0) is 28.1 Å². The van der Waals surface area contributed by atoms with Gasteiger partial charge in [0.15, 0.2) is 0 Å². The Bertz CT molecular complexity index is 76.3. The first-order valence-electron chi connectivity index (χ1n) is 0.369. The van der Waals surface area contributed by atoms with E-state index in [0.717, 1.165) is 0 Å². The van der Waals surface area contributed by atoms with Gasteiger partial charge in [-0.05, 0) is 0 Å². The van der Waals surface area contributed by atoms with Crippen LogP contribution in [0.3, 0.4) is 0 Å². The zero-order valence-corrected chi connectivity index (χ0v) is 8.44. The molecule has 0 radical (unpaired) electrons. The summed E-state index contributed by atoms with van der Waals surface area (Å²) in [6.45, 7) is 0. The van der Waals surface area contributed by atoms with Crippen molar-refractivity contribution in [3.8, 4) is 0 Å². The fourth-order valence-electron chi connectivity index (χ4n) is 0. The molecule has 0 aromatic carbocycles. The second kappa shape index (κ2) is 4.96. The third-order valence-corrected chi connectivity index (χ3v) is 0. The second-order valence-electron chi connectivity index (χ2n) is 0.151. The summed E-state index contributed by atoms with van der Waals surface area (Å²) in [6.07, 6.45) is 0. The Labute approximate surface area is 52.3 Å². The first-order chi connectivity index (χ1) is 1.73. The van der Waals surface area contributed by atoms with Crippen LogP contribution in [-0.4, -0.2) is 24.4 Å². The van der Waals surface area contributed by atoms with E-state index in [-0.39, 0.29) is 24.4 Å². The molecule has 0 spiro atoms. The third-order valence-electron chi connectivity index (χ3n) is 0. The van der Waals surface area contributed by atoms with Crippen LogP contribution in [0.1, 0.15) is 0 Å². The van der Waals surface area contributed by atoms with Gasteiger partial charge in [-0.1, -0.05) is 0 Å². The van der Waals surface area contributed by atoms with Crippen LogP contribution in [0.5, 0.6) is 0 Å². The minimum atomic E-state index is -3.95. The van der Waals surface area contributed by atoms with Crippen molar-refractivity contribution >= 4 is 24.4 Å². The van der Waals surface area contributed by atoms with Crippen molar-refractivity contribution < 1.29 is 28.1 Å². The van der Waals surface area contributed by atoms with Gasteiger partial charge in [-0.25, -0.2) is 0 Å². The predicted molar refractivity (Wildman–Crippen MR) is 12.0 cm³/mol. The normalized spacial score (nSPS) is 8.40. The van der Waals surface area contributed by atoms with Gasteiger partial charge < -0.3 is 0 Å². The summed E-state index contributed by atoms with van der Waals surface area (Å²) >= 11 is -3.95. The van der Waals surface area contributed by atoms with E-state index in [4.69, 9.17) is 9.75 Å². The van der Waals surface area contributed by atoms with Gasteiger partial charge in [0.1, 0.15) is 0 Å². The average Bonchev–Trinajstić information content (AvgIpc) is 0.811. The maximum atomic E-state index is 8.56. The summed E-state index contributed by atoms with van der Waals surface area (Å²) < 4.78 is 25.7. The van der Waals surface area contributed by atoms with Gasteiger partial charge >= 0.3 is 52.5 Å². The molecule has 0 aliphatic carbocycles. The Hall–Kier alpha value is 0.958. The van der Waals surface area contributed by atoms with Crippen LogP contribution in [0.25, 0.3) is 0 Å². The second-order valence-corrected chi connectivity index (χ2v) is 1.23. The molecule has 0 N–H and O–H groups in total. The molecule has 0 fully saturated rings. The van der Waals surface area contributed by atoms with Gasteiger partial charge in [-0.2, -0.15) is 0 Å². The van der Waals surface area contributed by atoms with E-state index in [0.29, 0.717) is 0 Å². The summed E-state index contributed by atoms with van der Waals surface area (Å²) in [7, 11) is 0. The van der Waals surface area contributed by atoms with Crippen LogP contribution in [0.2, 0.25) is 0 Å². The summed E-state index contributed by atoms with van der Waals surface area (Å²) in [6, 6.07) is 0. The molecule has 0 atom stereocenters. The van der Waals surface area contributed by atoms with Crippen molar-refractivity contribution in [2.45, 2.75) is 0 Å². The summed E-state index contributed by atoms with van der Waals surface area (Å²) in [4.78, 5) is 0. The first-order valence-corrected chi connectivity index (χ1v) is 3.02. The standard InChI is InChI=1S/Au.3O.Sb.3H. The molecular formula is H3AuO3Sb. The van der Waals surface area contributed by atoms with Gasteiger partial charge in [-0.3, -0.25) is 0 Å². The predicted octanol–water partition coefficient (Wildman–Crippen LogP) is -1.54. The molecule has 0 unspecified atom stereocenters. The maximum absolute atomic E-state index is 8.56. The molecule has 0 aromatic rings. The van der Waals surface area contributed by atoms with Gasteiger partial charge in [0.25, 0.3) is 0 Å². The number of hydrogen-bond donors (Lipinski definition) is 0. The molecule has 0 rings (SSSR count). The molecule has 0 aliphatic heterocycles. The summed E-state index contributed by atoms with van der Waals surface area (Å²) in [5.74, 6) is 0. The third kappa shape index (κ3) is 47.2. The molecule has 37 valence electrons. The molecule has 0 aromatic heterocycles. The van der Waals surface area contributed by atoms with E-state index in [1.165, 1.54) is 0 Å². The van der Waals surface area contributed by atoms with Crippen LogP contribution < -0.4 is 0 Å². The Morgan fingerprint density at radius 2 is 1.00 bits per heavy atom. The summed E-state index contributed by atoms with van der Waals surface area (Å²) in [5.41, 5.74) is 0. The fraction of sp³-hybridized carbons (Fsp3) is 0. The van der Waals surface area contributed by atoms with Crippen LogP contribution >= 0.6 is 0 Å². The zero-order valence-electron chi connectivity index (χ0n) is 2.23. The van der Waals surface area contributed by atoms with Gasteiger partial charge in [0.05, 0.1) is 0 Å². The molecular weight excluding hydrogens is 367 g/mol. The van der Waals surface area contributed by atoms with Crippen LogP contribution in [0.4, 0.5) is 0 Å². The van der Waals surface area contributed by atoms with Gasteiger partial charge in [0, 0.05) is 0 Å². The molecule has 0 heterocycles. The molecule has 0 amide bonds. The van der Waals surface area contributed by atoms with Gasteiger partial charge in [-0.15, -0.1) is 0 Å². The zero-order chi connectivity index (χ0) is 3.58. The molecule has 0 bridgehead atoms. The Kier molecular flexibility index (Phi) is 9.27. The minimum absolute atomic E-state index is 0. The Morgan fingerprint density at radius 3 is 1.00 bits per heavy atom. The molecule has 0 saturated heterocycles. The van der Waals surface area contributed by atoms with Crippen molar-refractivity contribution in [2.75, 3.05) is 0 Å². The topological polar surface area (TPSA) is 51.2 Å².